The predicted octanol–water partition coefficient (Wildman–Crippen LogP) is 2.16. The van der Waals surface area contributed by atoms with Crippen molar-refractivity contribution in [3.8, 4) is 5.75 Å². The first kappa shape index (κ1) is 15.1. The van der Waals surface area contributed by atoms with Crippen molar-refractivity contribution in [1.82, 2.24) is 0 Å². The zero-order valence-corrected chi connectivity index (χ0v) is 9.35. The molecular formula is C8H2F5NO4S. The molecule has 1 aromatic rings. The molecular weight excluding hydrogens is 301 g/mol. The first-order valence-corrected chi connectivity index (χ1v) is 5.57. The Hall–Kier alpha value is -2.00. The minimum atomic E-state index is -6.12. The first-order chi connectivity index (χ1) is 8.58. The highest BCUT2D eigenvalue weighted by atomic mass is 32.2. The van der Waals surface area contributed by atoms with E-state index in [2.05, 4.69) is 9.18 Å². The van der Waals surface area contributed by atoms with Crippen LogP contribution in [-0.2, 0) is 14.9 Å². The van der Waals surface area contributed by atoms with Crippen LogP contribution in [0.2, 0.25) is 0 Å². The first-order valence-electron chi connectivity index (χ1n) is 4.16. The van der Waals surface area contributed by atoms with Gasteiger partial charge in [0.2, 0.25) is 6.08 Å². The van der Waals surface area contributed by atoms with Crippen LogP contribution in [0.5, 0.6) is 5.75 Å². The highest BCUT2D eigenvalue weighted by molar-refractivity contribution is 7.88. The van der Waals surface area contributed by atoms with Crippen LogP contribution in [0.15, 0.2) is 17.1 Å². The van der Waals surface area contributed by atoms with Gasteiger partial charge in [-0.2, -0.15) is 26.6 Å². The standard InChI is InChI=1S/C8H2F5NO4S/c9-4-1-5(10)7(2-6(4)14-3-15)18-19(16,17)8(11,12)13/h1-2H. The normalized spacial score (nSPS) is 11.8. The van der Waals surface area contributed by atoms with E-state index in [-0.39, 0.29) is 12.1 Å². The van der Waals surface area contributed by atoms with Crippen LogP contribution in [0.25, 0.3) is 0 Å². The summed E-state index contributed by atoms with van der Waals surface area (Å²) in [6.07, 6.45) is 0.850. The third-order valence-corrected chi connectivity index (χ3v) is 2.62. The van der Waals surface area contributed by atoms with E-state index in [9.17, 15) is 35.2 Å². The molecule has 0 amide bonds. The molecule has 1 aromatic carbocycles. The maximum absolute atomic E-state index is 13.1. The Balaban J connectivity index is 3.30. The van der Waals surface area contributed by atoms with E-state index in [1.54, 1.807) is 0 Å². The Morgan fingerprint density at radius 2 is 1.74 bits per heavy atom. The third-order valence-electron chi connectivity index (χ3n) is 1.65. The van der Waals surface area contributed by atoms with Gasteiger partial charge in [0.15, 0.2) is 17.4 Å². The molecule has 104 valence electrons. The average Bonchev–Trinajstić information content (AvgIpc) is 2.23. The molecule has 0 N–H and O–H groups in total. The van der Waals surface area contributed by atoms with Gasteiger partial charge in [0.25, 0.3) is 0 Å². The van der Waals surface area contributed by atoms with E-state index in [1.807, 2.05) is 0 Å². The lowest BCUT2D eigenvalue weighted by atomic mass is 10.3. The number of alkyl halides is 3. The smallest absolute Gasteiger partial charge is 0.373 e. The number of carbonyl (C=O) groups excluding carboxylic acids is 1. The Labute approximate surface area is 102 Å². The lowest BCUT2D eigenvalue weighted by Crippen LogP contribution is -2.28. The van der Waals surface area contributed by atoms with Crippen LogP contribution in [0.4, 0.5) is 27.6 Å². The maximum Gasteiger partial charge on any atom is 0.534 e. The maximum atomic E-state index is 13.1. The molecule has 0 bridgehead atoms. The van der Waals surface area contributed by atoms with Crippen LogP contribution >= 0.6 is 0 Å². The zero-order chi connectivity index (χ0) is 14.8. The number of benzene rings is 1. The summed E-state index contributed by atoms with van der Waals surface area (Å²) < 4.78 is 86.6. The van der Waals surface area contributed by atoms with Gasteiger partial charge in [-0.1, -0.05) is 0 Å². The van der Waals surface area contributed by atoms with E-state index >= 15 is 0 Å². The van der Waals surface area contributed by atoms with Gasteiger partial charge in [0.1, 0.15) is 5.69 Å². The van der Waals surface area contributed by atoms with Crippen molar-refractivity contribution < 1.29 is 39.3 Å². The zero-order valence-electron chi connectivity index (χ0n) is 8.53. The second kappa shape index (κ2) is 4.94. The largest absolute Gasteiger partial charge is 0.534 e. The number of halogens is 5. The lowest BCUT2D eigenvalue weighted by Gasteiger charge is -2.10. The summed E-state index contributed by atoms with van der Waals surface area (Å²) in [7, 11) is -6.12. The molecule has 0 aromatic heterocycles. The van der Waals surface area contributed by atoms with Crippen LogP contribution < -0.4 is 4.18 Å². The van der Waals surface area contributed by atoms with Crippen molar-refractivity contribution in [3.63, 3.8) is 0 Å². The van der Waals surface area contributed by atoms with Crippen LogP contribution in [0.3, 0.4) is 0 Å². The Kier molecular flexibility index (Phi) is 3.91. The molecule has 5 nitrogen and oxygen atoms in total. The van der Waals surface area contributed by atoms with Gasteiger partial charge in [-0.15, -0.1) is 0 Å². The molecule has 0 aliphatic carbocycles. The lowest BCUT2D eigenvalue weighted by molar-refractivity contribution is -0.0500. The fourth-order valence-electron chi connectivity index (χ4n) is 0.883. The van der Waals surface area contributed by atoms with Crippen LogP contribution in [0, 0.1) is 11.6 Å². The van der Waals surface area contributed by atoms with Gasteiger partial charge < -0.3 is 4.18 Å². The molecule has 0 fully saturated rings. The fourth-order valence-corrected chi connectivity index (χ4v) is 1.34. The van der Waals surface area contributed by atoms with Crippen LogP contribution in [0.1, 0.15) is 0 Å². The molecule has 19 heavy (non-hydrogen) atoms. The number of aliphatic imine (C=N–C) groups is 1. The number of rotatable bonds is 3. The van der Waals surface area contributed by atoms with E-state index in [4.69, 9.17) is 0 Å². The van der Waals surface area contributed by atoms with Gasteiger partial charge in [-0.25, -0.2) is 13.6 Å². The molecule has 1 rings (SSSR count). The number of hydrogen-bond acceptors (Lipinski definition) is 5. The molecule has 0 saturated heterocycles. The van der Waals surface area contributed by atoms with E-state index in [1.165, 1.54) is 0 Å². The fraction of sp³-hybridized carbons (Fsp3) is 0.125. The molecule has 11 heteroatoms. The minimum Gasteiger partial charge on any atom is -0.373 e. The van der Waals surface area contributed by atoms with Crippen LogP contribution in [-0.4, -0.2) is 20.0 Å². The van der Waals surface area contributed by atoms with Crippen molar-refractivity contribution in [3.05, 3.63) is 23.8 Å². The molecule has 0 saturated carbocycles. The van der Waals surface area contributed by atoms with Gasteiger partial charge in [0.05, 0.1) is 0 Å². The van der Waals surface area contributed by atoms with Gasteiger partial charge >= 0.3 is 15.6 Å². The highest BCUT2D eigenvalue weighted by Crippen LogP contribution is 2.32. The van der Waals surface area contributed by atoms with Gasteiger partial charge in [0, 0.05) is 12.1 Å². The summed E-state index contributed by atoms with van der Waals surface area (Å²) in [5.74, 6) is -4.57. The topological polar surface area (TPSA) is 72.8 Å². The van der Waals surface area contributed by atoms with Crippen molar-refractivity contribution in [2.45, 2.75) is 5.51 Å². The molecule has 0 unspecified atom stereocenters. The predicted molar refractivity (Wildman–Crippen MR) is 49.7 cm³/mol. The summed E-state index contributed by atoms with van der Waals surface area (Å²) >= 11 is 0. The summed E-state index contributed by atoms with van der Waals surface area (Å²) in [6, 6.07) is 0.191. The molecule has 0 aliphatic rings. The van der Waals surface area contributed by atoms with E-state index in [0.29, 0.717) is 0 Å². The quantitative estimate of drug-likeness (QED) is 0.282. The number of isocyanates is 1. The summed E-state index contributed by atoms with van der Waals surface area (Å²) in [6.45, 7) is 0. The number of nitrogens with zero attached hydrogens (tertiary/aromatic N) is 1. The molecule has 0 spiro atoms. The average molecular weight is 303 g/mol. The Bertz CT molecular complexity index is 648. The van der Waals surface area contributed by atoms with E-state index in [0.717, 1.165) is 6.08 Å². The minimum absolute atomic E-state index is 0.0113. The summed E-state index contributed by atoms with van der Waals surface area (Å²) in [5, 5.41) is 0. The van der Waals surface area contributed by atoms with Crippen molar-refractivity contribution >= 4 is 21.9 Å². The molecule has 0 atom stereocenters. The molecule has 0 heterocycles. The second-order valence-electron chi connectivity index (χ2n) is 2.92. The summed E-state index contributed by atoms with van der Waals surface area (Å²) in [5.41, 5.74) is -6.72. The van der Waals surface area contributed by atoms with E-state index < -0.39 is 38.7 Å². The SMILES string of the molecule is O=C=Nc1cc(OS(=O)(=O)C(F)(F)F)c(F)cc1F. The third kappa shape index (κ3) is 3.26. The second-order valence-corrected chi connectivity index (χ2v) is 4.46. The summed E-state index contributed by atoms with van der Waals surface area (Å²) in [4.78, 5) is 12.6. The van der Waals surface area contributed by atoms with Crippen molar-refractivity contribution in [2.24, 2.45) is 4.99 Å². The highest BCUT2D eigenvalue weighted by Gasteiger charge is 2.49. The van der Waals surface area contributed by atoms with Crippen molar-refractivity contribution in [2.75, 3.05) is 0 Å². The van der Waals surface area contributed by atoms with Crippen molar-refractivity contribution in [1.29, 1.82) is 0 Å². The molecule has 0 aliphatic heterocycles. The monoisotopic (exact) mass is 303 g/mol. The Morgan fingerprint density at radius 1 is 1.16 bits per heavy atom. The molecule has 0 radical (unpaired) electrons. The Morgan fingerprint density at radius 3 is 2.21 bits per heavy atom. The van der Waals surface area contributed by atoms with Gasteiger partial charge in [-0.05, 0) is 0 Å². The van der Waals surface area contributed by atoms with Gasteiger partial charge in [-0.3, -0.25) is 0 Å². The number of hydrogen-bond donors (Lipinski definition) is 0.